The third-order valence-corrected chi connectivity index (χ3v) is 2.56. The highest BCUT2D eigenvalue weighted by atomic mass is 16.1. The molecule has 0 aromatic heterocycles. The quantitative estimate of drug-likeness (QED) is 0.777. The monoisotopic (exact) mass is 223 g/mol. The lowest BCUT2D eigenvalue weighted by atomic mass is 9.92. The van der Waals surface area contributed by atoms with Gasteiger partial charge < -0.3 is 5.73 Å². The second kappa shape index (κ2) is 8.14. The molecular formula is C14H25NO. The van der Waals surface area contributed by atoms with Crippen molar-refractivity contribution in [2.45, 2.75) is 53.4 Å². The van der Waals surface area contributed by atoms with Gasteiger partial charge in [0.2, 0.25) is 5.91 Å². The van der Waals surface area contributed by atoms with Crippen molar-refractivity contribution in [2.75, 3.05) is 0 Å². The Morgan fingerprint density at radius 2 is 2.06 bits per heavy atom. The first-order valence-corrected chi connectivity index (χ1v) is 6.29. The largest absolute Gasteiger partial charge is 0.366 e. The molecule has 0 saturated carbocycles. The Hall–Kier alpha value is -1.05. The minimum atomic E-state index is -0.242. The lowest BCUT2D eigenvalue weighted by molar-refractivity contribution is -0.114. The molecule has 0 aromatic carbocycles. The average molecular weight is 223 g/mol. The fourth-order valence-corrected chi connectivity index (χ4v) is 1.67. The van der Waals surface area contributed by atoms with E-state index >= 15 is 0 Å². The van der Waals surface area contributed by atoms with E-state index in [1.807, 2.05) is 13.8 Å². The minimum Gasteiger partial charge on any atom is -0.366 e. The van der Waals surface area contributed by atoms with Crippen LogP contribution in [0.1, 0.15) is 53.4 Å². The molecule has 92 valence electrons. The molecule has 2 N–H and O–H groups in total. The fourth-order valence-electron chi connectivity index (χ4n) is 1.67. The van der Waals surface area contributed by atoms with Crippen molar-refractivity contribution < 1.29 is 4.79 Å². The summed E-state index contributed by atoms with van der Waals surface area (Å²) in [6.07, 6.45) is 8.06. The molecule has 0 atom stereocenters. The van der Waals surface area contributed by atoms with Crippen LogP contribution < -0.4 is 5.73 Å². The van der Waals surface area contributed by atoms with Crippen LogP contribution in [0.2, 0.25) is 0 Å². The summed E-state index contributed by atoms with van der Waals surface area (Å²) in [6, 6.07) is 0. The molecule has 16 heavy (non-hydrogen) atoms. The predicted molar refractivity (Wildman–Crippen MR) is 70.0 cm³/mol. The SMILES string of the molecule is CC.CC(C)CCC1=C(C(N)=O)CCC=C1. The molecule has 0 aromatic rings. The minimum absolute atomic E-state index is 0.242. The molecule has 2 heteroatoms. The smallest absolute Gasteiger partial charge is 0.244 e. The molecule has 0 bridgehead atoms. The zero-order valence-electron chi connectivity index (χ0n) is 11.0. The van der Waals surface area contributed by atoms with Gasteiger partial charge in [-0.25, -0.2) is 0 Å². The second-order valence-electron chi connectivity index (χ2n) is 4.24. The third-order valence-electron chi connectivity index (χ3n) is 2.56. The van der Waals surface area contributed by atoms with Crippen LogP contribution in [0.15, 0.2) is 23.3 Å². The van der Waals surface area contributed by atoms with Crippen molar-refractivity contribution in [3.63, 3.8) is 0 Å². The van der Waals surface area contributed by atoms with E-state index < -0.39 is 0 Å². The van der Waals surface area contributed by atoms with Crippen molar-refractivity contribution in [1.29, 1.82) is 0 Å². The highest BCUT2D eigenvalue weighted by molar-refractivity contribution is 5.93. The van der Waals surface area contributed by atoms with Gasteiger partial charge in [0.15, 0.2) is 0 Å². The predicted octanol–water partition coefficient (Wildman–Crippen LogP) is 3.58. The molecule has 0 heterocycles. The average Bonchev–Trinajstić information content (AvgIpc) is 2.29. The lowest BCUT2D eigenvalue weighted by Crippen LogP contribution is -2.17. The molecule has 0 unspecified atom stereocenters. The first-order chi connectivity index (χ1) is 7.61. The summed E-state index contributed by atoms with van der Waals surface area (Å²) in [5, 5.41) is 0. The topological polar surface area (TPSA) is 43.1 Å². The number of nitrogens with two attached hydrogens (primary N) is 1. The van der Waals surface area contributed by atoms with Gasteiger partial charge in [-0.15, -0.1) is 0 Å². The summed E-state index contributed by atoms with van der Waals surface area (Å²) < 4.78 is 0. The number of hydrogen-bond acceptors (Lipinski definition) is 1. The maximum atomic E-state index is 11.1. The Kier molecular flexibility index (Phi) is 7.61. The lowest BCUT2D eigenvalue weighted by Gasteiger charge is -2.14. The Bertz CT molecular complexity index is 274. The van der Waals surface area contributed by atoms with Crippen LogP contribution in [-0.4, -0.2) is 5.91 Å². The molecule has 1 rings (SSSR count). The standard InChI is InChI=1S/C12H19NO.C2H6/c1-9(2)7-8-10-5-3-4-6-11(10)12(13)14;1-2/h3,5,9H,4,6-8H2,1-2H3,(H2,13,14);1-2H3. The van der Waals surface area contributed by atoms with E-state index in [1.54, 1.807) is 0 Å². The van der Waals surface area contributed by atoms with Gasteiger partial charge >= 0.3 is 0 Å². The van der Waals surface area contributed by atoms with Crippen LogP contribution in [0.4, 0.5) is 0 Å². The summed E-state index contributed by atoms with van der Waals surface area (Å²) in [5.74, 6) is 0.431. The zero-order chi connectivity index (χ0) is 12.6. The summed E-state index contributed by atoms with van der Waals surface area (Å²) in [7, 11) is 0. The van der Waals surface area contributed by atoms with Gasteiger partial charge in [0.05, 0.1) is 0 Å². The maximum absolute atomic E-state index is 11.1. The Morgan fingerprint density at radius 1 is 1.44 bits per heavy atom. The van der Waals surface area contributed by atoms with Gasteiger partial charge in [-0.1, -0.05) is 39.8 Å². The number of hydrogen-bond donors (Lipinski definition) is 1. The molecule has 0 aliphatic heterocycles. The molecule has 1 amide bonds. The number of rotatable bonds is 4. The van der Waals surface area contributed by atoms with Crippen molar-refractivity contribution >= 4 is 5.91 Å². The van der Waals surface area contributed by atoms with Gasteiger partial charge in [0, 0.05) is 5.57 Å². The van der Waals surface area contributed by atoms with E-state index in [1.165, 1.54) is 0 Å². The van der Waals surface area contributed by atoms with Gasteiger partial charge in [-0.2, -0.15) is 0 Å². The van der Waals surface area contributed by atoms with Gasteiger partial charge in [-0.3, -0.25) is 4.79 Å². The van der Waals surface area contributed by atoms with E-state index in [0.29, 0.717) is 5.92 Å². The summed E-state index contributed by atoms with van der Waals surface area (Å²) in [5.41, 5.74) is 7.32. The molecule has 0 radical (unpaired) electrons. The van der Waals surface area contributed by atoms with Crippen LogP contribution in [0.25, 0.3) is 0 Å². The first kappa shape index (κ1) is 14.9. The zero-order valence-corrected chi connectivity index (χ0v) is 11.0. The summed E-state index contributed by atoms with van der Waals surface area (Å²) in [4.78, 5) is 11.1. The van der Waals surface area contributed by atoms with Crippen molar-refractivity contribution in [3.05, 3.63) is 23.3 Å². The number of allylic oxidation sites excluding steroid dienone is 3. The molecule has 0 fully saturated rings. The highest BCUT2D eigenvalue weighted by Gasteiger charge is 2.13. The summed E-state index contributed by atoms with van der Waals surface area (Å²) in [6.45, 7) is 8.38. The molecule has 0 saturated heterocycles. The fraction of sp³-hybridized carbons (Fsp3) is 0.643. The number of carbonyl (C=O) groups is 1. The molecule has 0 spiro atoms. The Balaban J connectivity index is 0.00000106. The van der Waals surface area contributed by atoms with Crippen LogP contribution in [-0.2, 0) is 4.79 Å². The van der Waals surface area contributed by atoms with E-state index in [9.17, 15) is 4.79 Å². The van der Waals surface area contributed by atoms with Gasteiger partial charge in [0.1, 0.15) is 0 Å². The Morgan fingerprint density at radius 3 is 2.56 bits per heavy atom. The molecule has 2 nitrogen and oxygen atoms in total. The maximum Gasteiger partial charge on any atom is 0.244 e. The normalized spacial score (nSPS) is 14.8. The molecule has 1 aliphatic rings. The van der Waals surface area contributed by atoms with E-state index in [4.69, 9.17) is 5.73 Å². The van der Waals surface area contributed by atoms with E-state index in [-0.39, 0.29) is 5.91 Å². The van der Waals surface area contributed by atoms with Crippen LogP contribution in [0, 0.1) is 5.92 Å². The van der Waals surface area contributed by atoms with E-state index in [2.05, 4.69) is 26.0 Å². The highest BCUT2D eigenvalue weighted by Crippen LogP contribution is 2.23. The Labute approximate surface area is 99.6 Å². The number of primary amides is 1. The van der Waals surface area contributed by atoms with E-state index in [0.717, 1.165) is 36.8 Å². The van der Waals surface area contributed by atoms with Crippen LogP contribution in [0.3, 0.4) is 0 Å². The van der Waals surface area contributed by atoms with Crippen LogP contribution in [0.5, 0.6) is 0 Å². The number of carbonyl (C=O) groups excluding carboxylic acids is 1. The first-order valence-electron chi connectivity index (χ1n) is 6.29. The van der Waals surface area contributed by atoms with Crippen LogP contribution >= 0.6 is 0 Å². The van der Waals surface area contributed by atoms with Gasteiger partial charge in [0.25, 0.3) is 0 Å². The van der Waals surface area contributed by atoms with Crippen molar-refractivity contribution in [1.82, 2.24) is 0 Å². The second-order valence-corrected chi connectivity index (χ2v) is 4.24. The molecular weight excluding hydrogens is 198 g/mol. The van der Waals surface area contributed by atoms with Crippen molar-refractivity contribution in [2.24, 2.45) is 11.7 Å². The molecule has 1 aliphatic carbocycles. The van der Waals surface area contributed by atoms with Crippen molar-refractivity contribution in [3.8, 4) is 0 Å². The third kappa shape index (κ3) is 5.15. The summed E-state index contributed by atoms with van der Waals surface area (Å²) >= 11 is 0. The van der Waals surface area contributed by atoms with Gasteiger partial charge in [-0.05, 0) is 37.2 Å². The number of amides is 1.